The van der Waals surface area contributed by atoms with Crippen LogP contribution in [0.5, 0.6) is 0 Å². The van der Waals surface area contributed by atoms with E-state index in [-0.39, 0.29) is 35.9 Å². The van der Waals surface area contributed by atoms with Gasteiger partial charge in [-0.2, -0.15) is 0 Å². The van der Waals surface area contributed by atoms with Gasteiger partial charge in [0.2, 0.25) is 5.91 Å². The average Bonchev–Trinajstić information content (AvgIpc) is 4.21. The van der Waals surface area contributed by atoms with Gasteiger partial charge >= 0.3 is 12.2 Å². The van der Waals surface area contributed by atoms with E-state index in [0.29, 0.717) is 44.0 Å². The van der Waals surface area contributed by atoms with Crippen LogP contribution in [-0.2, 0) is 23.8 Å². The Morgan fingerprint density at radius 1 is 0.803 bits per heavy atom. The van der Waals surface area contributed by atoms with Gasteiger partial charge in [-0.3, -0.25) is 9.59 Å². The number of hydrogen-bond acceptors (Lipinski definition) is 9. The van der Waals surface area contributed by atoms with Gasteiger partial charge in [0.15, 0.2) is 0 Å². The van der Waals surface area contributed by atoms with Crippen LogP contribution in [0.2, 0.25) is 0 Å². The van der Waals surface area contributed by atoms with Crippen molar-refractivity contribution in [3.63, 3.8) is 0 Å². The van der Waals surface area contributed by atoms with E-state index in [4.69, 9.17) is 24.2 Å². The molecular weight excluding hydrogens is 837 g/mol. The fraction of sp³-hybridized carbons (Fsp3) is 0.373. The normalized spacial score (nSPS) is 19.5. The van der Waals surface area contributed by atoms with E-state index >= 15 is 0 Å². The van der Waals surface area contributed by atoms with E-state index in [9.17, 15) is 19.2 Å². The molecule has 4 amide bonds. The van der Waals surface area contributed by atoms with E-state index in [0.717, 1.165) is 82.1 Å². The zero-order valence-corrected chi connectivity index (χ0v) is 37.3. The third kappa shape index (κ3) is 9.06. The number of carbonyl (C=O) groups is 4. The Bertz CT molecular complexity index is 2790. The fourth-order valence-corrected chi connectivity index (χ4v) is 9.85. The molecule has 0 aliphatic carbocycles. The molecule has 15 nitrogen and oxygen atoms in total. The zero-order chi connectivity index (χ0) is 45.7. The Balaban J connectivity index is 0.892. The molecular formula is C51H54N8O7. The fourth-order valence-electron chi connectivity index (χ4n) is 9.85. The highest BCUT2D eigenvalue weighted by molar-refractivity contribution is 6.04. The largest absolute Gasteiger partial charge is 0.453 e. The number of carbonyl (C=O) groups excluding carboxylic acids is 4. The Kier molecular flexibility index (Phi) is 13.0. The van der Waals surface area contributed by atoms with Crippen LogP contribution in [0.1, 0.15) is 98.3 Å². The molecule has 0 bridgehead atoms. The van der Waals surface area contributed by atoms with Gasteiger partial charge in [-0.15, -0.1) is 0 Å². The maximum Gasteiger partial charge on any atom is 0.407 e. The van der Waals surface area contributed by atoms with E-state index < -0.39 is 24.3 Å². The SMILES string of the molecule is CC[C@H]1CC[C@@H](c2nc3ccc4cc(C#Cc5ccc(-c6cnc([C@@H]7CCCN7C(=O)[C@H](NC(=O)OC)c7ccccc7)[nH]6)cc5)ccc4c3[nH]2)N1C(=O)C(NC(=O)OC)C1CCOCC1. The summed E-state index contributed by atoms with van der Waals surface area (Å²) in [6, 6.07) is 25.2. The highest BCUT2D eigenvalue weighted by Crippen LogP contribution is 2.40. The van der Waals surface area contributed by atoms with Crippen LogP contribution < -0.4 is 10.6 Å². The molecule has 9 rings (SSSR count). The second-order valence-electron chi connectivity index (χ2n) is 17.2. The van der Waals surface area contributed by atoms with Gasteiger partial charge in [0.05, 0.1) is 49.2 Å². The number of rotatable bonds is 10. The number of ether oxygens (including phenoxy) is 3. The van der Waals surface area contributed by atoms with Crippen LogP contribution in [0.25, 0.3) is 33.1 Å². The van der Waals surface area contributed by atoms with Crippen LogP contribution in [-0.4, -0.2) is 99.8 Å². The maximum absolute atomic E-state index is 14.5. The van der Waals surface area contributed by atoms with E-state index in [2.05, 4.69) is 57.6 Å². The minimum absolute atomic E-state index is 0.0237. The molecule has 1 unspecified atom stereocenters. The molecule has 3 fully saturated rings. The number of hydrogen-bond donors (Lipinski definition) is 4. The summed E-state index contributed by atoms with van der Waals surface area (Å²) in [6.07, 6.45) is 5.82. The molecule has 0 radical (unpaired) electrons. The first-order valence-electron chi connectivity index (χ1n) is 22.8. The Hall–Kier alpha value is -7.18. The first-order valence-corrected chi connectivity index (χ1v) is 22.8. The van der Waals surface area contributed by atoms with Crippen LogP contribution in [0.15, 0.2) is 91.1 Å². The first kappa shape index (κ1) is 44.0. The summed E-state index contributed by atoms with van der Waals surface area (Å²) in [6.45, 7) is 3.74. The second-order valence-corrected chi connectivity index (χ2v) is 17.2. The summed E-state index contributed by atoms with van der Waals surface area (Å²) >= 11 is 0. The lowest BCUT2D eigenvalue weighted by Crippen LogP contribution is -2.54. The van der Waals surface area contributed by atoms with Gasteiger partial charge in [0.25, 0.3) is 5.91 Å². The number of alkyl carbamates (subject to hydrolysis) is 2. The molecule has 2 aromatic heterocycles. The van der Waals surface area contributed by atoms with Crippen molar-refractivity contribution in [3.05, 3.63) is 119 Å². The van der Waals surface area contributed by atoms with Crippen LogP contribution in [0.4, 0.5) is 9.59 Å². The standard InChI is InChI=1S/C51H54N8O7/c1-4-37-20-23-42(59(37)49(61)44(57-51(63)65-3)35-24-27-66-28-25-35)47-53-39-22-19-36-29-32(16-21-38(36)45(39)55-47)13-12-31-14-17-33(18-15-31)40-30-52-46(54-40)41-11-8-26-58(41)48(60)43(56-50(62)64-2)34-9-6-5-7-10-34/h5-7,9-10,14-19,21-22,29-30,35,37,41-44H,4,8,11,20,23-28H2,1-3H3,(H,52,54)(H,53,55)(H,56,62)(H,57,63)/t37-,41-,42-,43+,44?/m0/s1. The number of fused-ring (bicyclic) bond motifs is 3. The summed E-state index contributed by atoms with van der Waals surface area (Å²) in [5.74, 6) is 7.69. The van der Waals surface area contributed by atoms with Gasteiger partial charge in [-0.05, 0) is 97.7 Å². The smallest absolute Gasteiger partial charge is 0.407 e. The summed E-state index contributed by atoms with van der Waals surface area (Å²) in [4.78, 5) is 73.6. The summed E-state index contributed by atoms with van der Waals surface area (Å²) in [5.41, 5.74) is 5.88. The summed E-state index contributed by atoms with van der Waals surface area (Å²) in [5, 5.41) is 7.60. The average molecular weight is 891 g/mol. The Morgan fingerprint density at radius 3 is 2.30 bits per heavy atom. The number of aromatic amines is 2. The van der Waals surface area contributed by atoms with Crippen molar-refractivity contribution in [2.45, 2.75) is 82.1 Å². The lowest BCUT2D eigenvalue weighted by atomic mass is 9.90. The van der Waals surface area contributed by atoms with E-state index in [1.807, 2.05) is 71.6 Å². The first-order chi connectivity index (χ1) is 32.2. The quantitative estimate of drug-likeness (QED) is 0.0995. The lowest BCUT2D eigenvalue weighted by Gasteiger charge is -2.36. The van der Waals surface area contributed by atoms with Gasteiger partial charge < -0.3 is 44.6 Å². The van der Waals surface area contributed by atoms with Crippen LogP contribution in [0.3, 0.4) is 0 Å². The summed E-state index contributed by atoms with van der Waals surface area (Å²) in [7, 11) is 2.60. The topological polar surface area (TPSA) is 184 Å². The Morgan fingerprint density at radius 2 is 1.55 bits per heavy atom. The molecule has 5 atom stereocenters. The zero-order valence-electron chi connectivity index (χ0n) is 37.3. The van der Waals surface area contributed by atoms with Crippen LogP contribution >= 0.6 is 0 Å². The van der Waals surface area contributed by atoms with Crippen molar-refractivity contribution in [3.8, 4) is 23.1 Å². The molecule has 5 heterocycles. The van der Waals surface area contributed by atoms with Crippen molar-refractivity contribution in [2.75, 3.05) is 34.0 Å². The number of aromatic nitrogens is 4. The molecule has 0 saturated carbocycles. The third-order valence-electron chi connectivity index (χ3n) is 13.3. The second kappa shape index (κ2) is 19.5. The monoisotopic (exact) mass is 890 g/mol. The maximum atomic E-state index is 14.5. The molecule has 66 heavy (non-hydrogen) atoms. The molecule has 4 aromatic carbocycles. The molecule has 3 aliphatic heterocycles. The molecule has 3 aliphatic rings. The van der Waals surface area contributed by atoms with E-state index in [1.165, 1.54) is 14.2 Å². The number of likely N-dealkylation sites (tertiary alicyclic amines) is 2. The van der Waals surface area contributed by atoms with E-state index in [1.54, 1.807) is 11.1 Å². The number of H-pyrrole nitrogens is 2. The minimum Gasteiger partial charge on any atom is -0.453 e. The molecule has 3 saturated heterocycles. The number of benzene rings is 4. The third-order valence-corrected chi connectivity index (χ3v) is 13.3. The number of nitrogens with zero attached hydrogens (tertiary/aromatic N) is 4. The number of nitrogens with one attached hydrogen (secondary N) is 4. The predicted octanol–water partition coefficient (Wildman–Crippen LogP) is 7.86. The summed E-state index contributed by atoms with van der Waals surface area (Å²) < 4.78 is 15.4. The highest BCUT2D eigenvalue weighted by Gasteiger charge is 2.44. The highest BCUT2D eigenvalue weighted by atomic mass is 16.5. The molecule has 6 aromatic rings. The van der Waals surface area contributed by atoms with Crippen molar-refractivity contribution >= 4 is 45.8 Å². The van der Waals surface area contributed by atoms with Crippen molar-refractivity contribution in [1.82, 2.24) is 40.4 Å². The van der Waals surface area contributed by atoms with Crippen LogP contribution in [0, 0.1) is 17.8 Å². The molecule has 4 N–H and O–H groups in total. The molecule has 0 spiro atoms. The van der Waals surface area contributed by atoms with Gasteiger partial charge in [-0.1, -0.05) is 73.4 Å². The lowest BCUT2D eigenvalue weighted by molar-refractivity contribution is -0.139. The Labute approximate surface area is 383 Å². The van der Waals surface area contributed by atoms with Crippen molar-refractivity contribution in [1.29, 1.82) is 0 Å². The van der Waals surface area contributed by atoms with Crippen molar-refractivity contribution in [2.24, 2.45) is 5.92 Å². The predicted molar refractivity (Wildman–Crippen MR) is 248 cm³/mol. The minimum atomic E-state index is -0.888. The molecule has 340 valence electrons. The van der Waals surface area contributed by atoms with Gasteiger partial charge in [0.1, 0.15) is 23.7 Å². The number of imidazole rings is 2. The van der Waals surface area contributed by atoms with Crippen molar-refractivity contribution < 1.29 is 33.4 Å². The molecule has 15 heteroatoms. The van der Waals surface area contributed by atoms with Gasteiger partial charge in [-0.25, -0.2) is 19.6 Å². The number of amides is 4. The van der Waals surface area contributed by atoms with Gasteiger partial charge in [0, 0.05) is 42.3 Å². The number of methoxy groups -OCH3 is 2.